The number of hydrogen-bond donors (Lipinski definition) is 1. The Morgan fingerprint density at radius 1 is 1.34 bits per heavy atom. The Labute approximate surface area is 185 Å². The molecule has 10 nitrogen and oxygen atoms in total. The number of anilines is 1. The van der Waals surface area contributed by atoms with Crippen molar-refractivity contribution in [2.75, 3.05) is 18.1 Å². The zero-order chi connectivity index (χ0) is 22.9. The molecule has 2 aromatic rings. The van der Waals surface area contributed by atoms with Gasteiger partial charge in [0.05, 0.1) is 18.8 Å². The number of ether oxygens (including phenoxy) is 2. The normalized spacial score (nSPS) is 17.5. The van der Waals surface area contributed by atoms with E-state index in [0.29, 0.717) is 5.69 Å². The number of nitrogens with zero attached hydrogens (tertiary/aromatic N) is 4. The molecule has 0 spiro atoms. The monoisotopic (exact) mass is 478 g/mol. The van der Waals surface area contributed by atoms with Crippen molar-refractivity contribution >= 4 is 36.1 Å². The number of halogens is 4. The van der Waals surface area contributed by atoms with Gasteiger partial charge in [-0.2, -0.15) is 13.2 Å². The molecule has 1 fully saturated rings. The van der Waals surface area contributed by atoms with Gasteiger partial charge < -0.3 is 14.6 Å². The van der Waals surface area contributed by atoms with Crippen LogP contribution in [0.25, 0.3) is 5.69 Å². The van der Waals surface area contributed by atoms with Crippen molar-refractivity contribution in [2.24, 2.45) is 0 Å². The molecule has 0 unspecified atom stereocenters. The molecule has 0 aliphatic carbocycles. The number of aromatic nitrogens is 3. The van der Waals surface area contributed by atoms with Crippen LogP contribution in [0.4, 0.5) is 19.0 Å². The molecule has 0 radical (unpaired) electrons. The van der Waals surface area contributed by atoms with E-state index in [1.165, 1.54) is 16.8 Å². The van der Waals surface area contributed by atoms with Crippen LogP contribution in [0.3, 0.4) is 0 Å². The Balaban J connectivity index is 0.00000363. The fourth-order valence-electron chi connectivity index (χ4n) is 3.03. The third-order valence-corrected chi connectivity index (χ3v) is 4.36. The van der Waals surface area contributed by atoms with Crippen LogP contribution >= 0.6 is 12.4 Å². The van der Waals surface area contributed by atoms with Crippen LogP contribution in [-0.2, 0) is 30.0 Å². The average Bonchev–Trinajstić information content (AvgIpc) is 3.07. The highest BCUT2D eigenvalue weighted by Crippen LogP contribution is 2.29. The van der Waals surface area contributed by atoms with E-state index in [4.69, 9.17) is 9.47 Å². The number of morpholine rings is 1. The number of aliphatic carboxylic acids is 1. The van der Waals surface area contributed by atoms with Crippen molar-refractivity contribution in [1.82, 2.24) is 14.8 Å². The van der Waals surface area contributed by atoms with Gasteiger partial charge in [-0.3, -0.25) is 19.5 Å². The van der Waals surface area contributed by atoms with Gasteiger partial charge in [0.15, 0.2) is 11.9 Å². The lowest BCUT2D eigenvalue weighted by Gasteiger charge is -2.33. The lowest BCUT2D eigenvalue weighted by atomic mass is 10.1. The van der Waals surface area contributed by atoms with E-state index in [1.54, 1.807) is 6.92 Å². The maximum atomic E-state index is 13.0. The van der Waals surface area contributed by atoms with E-state index in [9.17, 15) is 32.7 Å². The number of esters is 1. The Morgan fingerprint density at radius 2 is 2.03 bits per heavy atom. The molecule has 1 N–H and O–H groups in total. The number of alkyl halides is 3. The molecule has 1 aliphatic rings. The molecule has 14 heteroatoms. The summed E-state index contributed by atoms with van der Waals surface area (Å²) in [5.74, 6) is -3.20. The third kappa shape index (κ3) is 5.16. The summed E-state index contributed by atoms with van der Waals surface area (Å²) in [5, 5.41) is 13.5. The van der Waals surface area contributed by atoms with Gasteiger partial charge in [-0.05, 0) is 19.1 Å². The molecular formula is C18H18ClF3N4O6. The second-order valence-electron chi connectivity index (χ2n) is 6.60. The molecular weight excluding hydrogens is 461 g/mol. The van der Waals surface area contributed by atoms with Crippen molar-refractivity contribution in [2.45, 2.75) is 32.2 Å². The second-order valence-corrected chi connectivity index (χ2v) is 6.60. The highest BCUT2D eigenvalue weighted by molar-refractivity contribution is 6.00. The zero-order valence-electron chi connectivity index (χ0n) is 16.7. The van der Waals surface area contributed by atoms with Gasteiger partial charge >= 0.3 is 18.1 Å². The Morgan fingerprint density at radius 3 is 2.62 bits per heavy atom. The van der Waals surface area contributed by atoms with Gasteiger partial charge in [0, 0.05) is 24.9 Å². The first kappa shape index (κ1) is 25.1. The minimum absolute atomic E-state index is 0. The van der Waals surface area contributed by atoms with Crippen LogP contribution in [-0.4, -0.2) is 63.1 Å². The number of aryl methyl sites for hydroxylation is 1. The second kappa shape index (κ2) is 9.53. The summed E-state index contributed by atoms with van der Waals surface area (Å²) in [6, 6.07) is 3.59. The molecule has 32 heavy (non-hydrogen) atoms. The number of hydrogen-bond acceptors (Lipinski definition) is 7. The number of rotatable bonds is 5. The number of carbonyl (C=O) groups excluding carboxylic acids is 2. The first-order valence-corrected chi connectivity index (χ1v) is 8.92. The van der Waals surface area contributed by atoms with Gasteiger partial charge in [0.2, 0.25) is 6.10 Å². The lowest BCUT2D eigenvalue weighted by Crippen LogP contribution is -2.55. The van der Waals surface area contributed by atoms with Crippen LogP contribution < -0.4 is 4.90 Å². The molecule has 2 atom stereocenters. The number of carboxylic acid groups (broad SMARTS) is 1. The summed E-state index contributed by atoms with van der Waals surface area (Å²) in [5.41, 5.74) is -0.610. The van der Waals surface area contributed by atoms with Gasteiger partial charge in [-0.25, -0.2) is 9.48 Å². The molecule has 1 aliphatic heterocycles. The molecule has 3 heterocycles. The van der Waals surface area contributed by atoms with Gasteiger partial charge in [0.1, 0.15) is 5.69 Å². The number of carbonyl (C=O) groups is 3. The molecule has 0 aromatic carbocycles. The van der Waals surface area contributed by atoms with Crippen LogP contribution in [0.15, 0.2) is 24.4 Å². The quantitative estimate of drug-likeness (QED) is 0.645. The van der Waals surface area contributed by atoms with Crippen molar-refractivity contribution in [1.29, 1.82) is 0 Å². The molecule has 174 valence electrons. The van der Waals surface area contributed by atoms with E-state index in [2.05, 4.69) is 10.1 Å². The SMILES string of the molecule is CC(=O)O[C@@H](C(=O)O)[C@H]1OCCN(c2cc(C)n(-c3ccnc(C(F)(F)F)c3)n2)C1=O.Cl. The van der Waals surface area contributed by atoms with E-state index in [1.807, 2.05) is 0 Å². The largest absolute Gasteiger partial charge is 0.478 e. The van der Waals surface area contributed by atoms with Gasteiger partial charge in [0.25, 0.3) is 5.91 Å². The summed E-state index contributed by atoms with van der Waals surface area (Å²) in [7, 11) is 0. The molecule has 2 aromatic heterocycles. The van der Waals surface area contributed by atoms with Crippen LogP contribution in [0.1, 0.15) is 18.3 Å². The van der Waals surface area contributed by atoms with E-state index in [-0.39, 0.29) is 37.1 Å². The Kier molecular flexibility index (Phi) is 7.46. The first-order valence-electron chi connectivity index (χ1n) is 8.92. The van der Waals surface area contributed by atoms with Gasteiger partial charge in [-0.1, -0.05) is 0 Å². The topological polar surface area (TPSA) is 124 Å². The predicted molar refractivity (Wildman–Crippen MR) is 104 cm³/mol. The molecule has 1 saturated heterocycles. The zero-order valence-corrected chi connectivity index (χ0v) is 17.5. The number of amides is 1. The predicted octanol–water partition coefficient (Wildman–Crippen LogP) is 1.76. The fourth-order valence-corrected chi connectivity index (χ4v) is 3.03. The summed E-state index contributed by atoms with van der Waals surface area (Å²) in [6.45, 7) is 2.52. The van der Waals surface area contributed by atoms with E-state index < -0.39 is 41.9 Å². The summed E-state index contributed by atoms with van der Waals surface area (Å²) < 4.78 is 50.0. The standard InChI is InChI=1S/C18H17F3N4O6.ClH/c1-9-7-13(23-25(9)11-3-4-22-12(8-11)18(19,20)21)24-5-6-30-14(16(24)27)15(17(28)29)31-10(2)26;/h3-4,7-8,14-15H,5-6H2,1-2H3,(H,28,29);1H/t14-,15-;/m1./s1. The smallest absolute Gasteiger partial charge is 0.433 e. The van der Waals surface area contributed by atoms with Crippen molar-refractivity contribution in [3.05, 3.63) is 35.8 Å². The minimum Gasteiger partial charge on any atom is -0.478 e. The highest BCUT2D eigenvalue weighted by atomic mass is 35.5. The van der Waals surface area contributed by atoms with E-state index in [0.717, 1.165) is 24.1 Å². The number of pyridine rings is 1. The summed E-state index contributed by atoms with van der Waals surface area (Å²) >= 11 is 0. The number of carboxylic acids is 1. The Hall–Kier alpha value is -3.19. The Bertz CT molecular complexity index is 1030. The van der Waals surface area contributed by atoms with Crippen molar-refractivity contribution in [3.8, 4) is 5.69 Å². The molecule has 0 bridgehead atoms. The molecule has 1 amide bonds. The lowest BCUT2D eigenvalue weighted by molar-refractivity contribution is -0.177. The van der Waals surface area contributed by atoms with Crippen molar-refractivity contribution < 1.29 is 42.1 Å². The maximum Gasteiger partial charge on any atom is 0.433 e. The van der Waals surface area contributed by atoms with E-state index >= 15 is 0 Å². The fraction of sp³-hybridized carbons (Fsp3) is 0.389. The van der Waals surface area contributed by atoms with Crippen LogP contribution in [0.2, 0.25) is 0 Å². The molecule has 0 saturated carbocycles. The maximum absolute atomic E-state index is 13.0. The van der Waals surface area contributed by atoms with Gasteiger partial charge in [-0.15, -0.1) is 17.5 Å². The van der Waals surface area contributed by atoms with Crippen LogP contribution in [0, 0.1) is 6.92 Å². The van der Waals surface area contributed by atoms with Crippen LogP contribution in [0.5, 0.6) is 0 Å². The third-order valence-electron chi connectivity index (χ3n) is 4.36. The minimum atomic E-state index is -4.64. The highest BCUT2D eigenvalue weighted by Gasteiger charge is 2.43. The van der Waals surface area contributed by atoms with Crippen molar-refractivity contribution in [3.63, 3.8) is 0 Å². The average molecular weight is 479 g/mol. The molecule has 3 rings (SSSR count). The summed E-state index contributed by atoms with van der Waals surface area (Å²) in [6.07, 6.45) is -7.11. The first-order chi connectivity index (χ1) is 14.5. The summed E-state index contributed by atoms with van der Waals surface area (Å²) in [4.78, 5) is 39.9.